The molecule has 2 fully saturated rings. The predicted molar refractivity (Wildman–Crippen MR) is 142 cm³/mol. The van der Waals surface area contributed by atoms with E-state index < -0.39 is 0 Å². The molecular weight excluding hydrogens is 454 g/mol. The molecule has 4 aromatic rings. The van der Waals surface area contributed by atoms with Crippen molar-refractivity contribution in [2.24, 2.45) is 0 Å². The fourth-order valence-electron chi connectivity index (χ4n) is 4.93. The summed E-state index contributed by atoms with van der Waals surface area (Å²) in [6.45, 7) is 4.88. The van der Waals surface area contributed by atoms with Gasteiger partial charge >= 0.3 is 0 Å². The van der Waals surface area contributed by atoms with Crippen LogP contribution in [0.4, 0.5) is 23.1 Å². The smallest absolute Gasteiger partial charge is 0.231 e. The van der Waals surface area contributed by atoms with Crippen LogP contribution in [0.1, 0.15) is 18.0 Å². The second-order valence-electron chi connectivity index (χ2n) is 9.31. The van der Waals surface area contributed by atoms with Crippen molar-refractivity contribution >= 4 is 34.2 Å². The number of aromatic amines is 1. The Bertz CT molecular complexity index is 1330. The normalized spacial score (nSPS) is 18.7. The maximum atomic E-state index is 6.10. The Labute approximate surface area is 210 Å². The van der Waals surface area contributed by atoms with Crippen molar-refractivity contribution in [2.45, 2.75) is 12.5 Å². The lowest BCUT2D eigenvalue weighted by Gasteiger charge is -2.34. The number of benzene rings is 2. The highest BCUT2D eigenvalue weighted by molar-refractivity contribution is 5.88. The number of piperazine rings is 1. The Morgan fingerprint density at radius 1 is 1.03 bits per heavy atom. The summed E-state index contributed by atoms with van der Waals surface area (Å²) >= 11 is 0. The predicted octanol–water partition coefficient (Wildman–Crippen LogP) is 4.34. The number of hydrogen-bond acceptors (Lipinski definition) is 8. The van der Waals surface area contributed by atoms with Crippen LogP contribution < -0.4 is 20.0 Å². The van der Waals surface area contributed by atoms with E-state index in [0.29, 0.717) is 12.6 Å². The molecular formula is C27H31N7O2. The number of anilines is 4. The summed E-state index contributed by atoms with van der Waals surface area (Å²) in [6.07, 6.45) is 2.74. The van der Waals surface area contributed by atoms with Gasteiger partial charge in [-0.3, -0.25) is 4.84 Å². The zero-order valence-corrected chi connectivity index (χ0v) is 20.6. The number of likely N-dealkylation sites (N-methyl/N-ethyl adjacent to an activating group) is 1. The van der Waals surface area contributed by atoms with Crippen molar-refractivity contribution in [1.29, 1.82) is 0 Å². The molecule has 4 heterocycles. The van der Waals surface area contributed by atoms with E-state index in [1.807, 2.05) is 29.5 Å². The SMILES string of the molecule is COc1cccc([C@@H]2CCON2c2nc(Nc3ccc(N4CCN(C)CC4)cc3)nc3[nH]ccc23)c1. The first kappa shape index (κ1) is 22.6. The summed E-state index contributed by atoms with van der Waals surface area (Å²) < 4.78 is 5.45. The number of hydroxylamine groups is 1. The van der Waals surface area contributed by atoms with Crippen LogP contribution in [0.15, 0.2) is 60.8 Å². The lowest BCUT2D eigenvalue weighted by molar-refractivity contribution is 0.157. The molecule has 0 saturated carbocycles. The first-order chi connectivity index (χ1) is 17.7. The maximum absolute atomic E-state index is 6.10. The van der Waals surface area contributed by atoms with Gasteiger partial charge in [0.2, 0.25) is 5.95 Å². The third kappa shape index (κ3) is 4.43. The van der Waals surface area contributed by atoms with Gasteiger partial charge in [0.15, 0.2) is 5.82 Å². The minimum Gasteiger partial charge on any atom is -0.497 e. The molecule has 2 N–H and O–H groups in total. The molecule has 36 heavy (non-hydrogen) atoms. The largest absolute Gasteiger partial charge is 0.497 e. The standard InChI is InChI=1S/C27H31N7O2/c1-32-13-15-33(16-14-32)21-8-6-20(7-9-21)29-27-30-25-23(10-12-28-25)26(31-27)34-24(11-17-36-34)19-4-3-5-22(18-19)35-2/h3-10,12,18,24H,11,13-17H2,1-2H3,(H2,28,29,30,31)/t24-/m0/s1. The number of hydrogen-bond donors (Lipinski definition) is 2. The Balaban J connectivity index is 1.27. The molecule has 0 spiro atoms. The van der Waals surface area contributed by atoms with Crippen molar-refractivity contribution in [3.05, 3.63) is 66.4 Å². The molecule has 6 rings (SSSR count). The van der Waals surface area contributed by atoms with E-state index in [0.717, 1.165) is 66.5 Å². The molecule has 1 atom stereocenters. The Morgan fingerprint density at radius 3 is 2.67 bits per heavy atom. The first-order valence-electron chi connectivity index (χ1n) is 12.4. The molecule has 2 saturated heterocycles. The third-order valence-corrected chi connectivity index (χ3v) is 6.98. The molecule has 0 bridgehead atoms. The number of fused-ring (bicyclic) bond motifs is 1. The lowest BCUT2D eigenvalue weighted by Crippen LogP contribution is -2.44. The lowest BCUT2D eigenvalue weighted by atomic mass is 10.0. The van der Waals surface area contributed by atoms with Crippen molar-refractivity contribution in [2.75, 3.05) is 62.2 Å². The topological polar surface area (TPSA) is 81.8 Å². The summed E-state index contributed by atoms with van der Waals surface area (Å²) in [5.74, 6) is 2.09. The van der Waals surface area contributed by atoms with E-state index in [4.69, 9.17) is 19.5 Å². The van der Waals surface area contributed by atoms with Crippen molar-refractivity contribution in [3.8, 4) is 5.75 Å². The van der Waals surface area contributed by atoms with E-state index in [1.165, 1.54) is 5.69 Å². The van der Waals surface area contributed by atoms with Gasteiger partial charge in [0.25, 0.3) is 0 Å². The fourth-order valence-corrected chi connectivity index (χ4v) is 4.93. The number of nitrogens with zero attached hydrogens (tertiary/aromatic N) is 5. The van der Waals surface area contributed by atoms with Crippen molar-refractivity contribution in [1.82, 2.24) is 19.9 Å². The Morgan fingerprint density at radius 2 is 1.86 bits per heavy atom. The number of aromatic nitrogens is 3. The number of rotatable bonds is 6. The second kappa shape index (κ2) is 9.67. The number of nitrogens with one attached hydrogen (secondary N) is 2. The summed E-state index contributed by atoms with van der Waals surface area (Å²) in [7, 11) is 3.86. The molecule has 186 valence electrons. The first-order valence-corrected chi connectivity index (χ1v) is 12.4. The molecule has 2 aliphatic heterocycles. The van der Waals surface area contributed by atoms with Crippen LogP contribution in [0, 0.1) is 0 Å². The van der Waals surface area contributed by atoms with Gasteiger partial charge < -0.3 is 24.8 Å². The minimum atomic E-state index is 0.0313. The van der Waals surface area contributed by atoms with E-state index in [1.54, 1.807) is 7.11 Å². The molecule has 2 aromatic heterocycles. The van der Waals surface area contributed by atoms with Crippen LogP contribution in [0.25, 0.3) is 11.0 Å². The Hall–Kier alpha value is -3.82. The Kier molecular flexibility index (Phi) is 6.08. The van der Waals surface area contributed by atoms with Gasteiger partial charge in [0.1, 0.15) is 11.4 Å². The average molecular weight is 486 g/mol. The molecule has 2 aliphatic rings. The van der Waals surface area contributed by atoms with Gasteiger partial charge in [-0.1, -0.05) is 12.1 Å². The molecule has 9 nitrogen and oxygen atoms in total. The summed E-state index contributed by atoms with van der Waals surface area (Å²) in [4.78, 5) is 23.7. The summed E-state index contributed by atoms with van der Waals surface area (Å²) in [6, 6.07) is 18.6. The van der Waals surface area contributed by atoms with E-state index >= 15 is 0 Å². The van der Waals surface area contributed by atoms with E-state index in [-0.39, 0.29) is 6.04 Å². The quantitative estimate of drug-likeness (QED) is 0.417. The van der Waals surface area contributed by atoms with E-state index in [2.05, 4.69) is 63.5 Å². The van der Waals surface area contributed by atoms with Crippen molar-refractivity contribution < 1.29 is 9.57 Å². The maximum Gasteiger partial charge on any atom is 0.231 e. The van der Waals surface area contributed by atoms with Crippen LogP contribution in [-0.2, 0) is 4.84 Å². The average Bonchev–Trinajstić information content (AvgIpc) is 3.59. The van der Waals surface area contributed by atoms with Gasteiger partial charge in [-0.05, 0) is 55.1 Å². The van der Waals surface area contributed by atoms with Gasteiger partial charge in [0.05, 0.1) is 25.1 Å². The minimum absolute atomic E-state index is 0.0313. The van der Waals surface area contributed by atoms with Crippen LogP contribution >= 0.6 is 0 Å². The number of H-pyrrole nitrogens is 1. The molecule has 0 amide bonds. The van der Waals surface area contributed by atoms with E-state index in [9.17, 15) is 0 Å². The van der Waals surface area contributed by atoms with Gasteiger partial charge in [-0.2, -0.15) is 9.97 Å². The van der Waals surface area contributed by atoms with Crippen LogP contribution in [0.5, 0.6) is 5.75 Å². The van der Waals surface area contributed by atoms with Crippen LogP contribution in [0.3, 0.4) is 0 Å². The molecule has 0 radical (unpaired) electrons. The van der Waals surface area contributed by atoms with Gasteiger partial charge in [0, 0.05) is 50.2 Å². The number of methoxy groups -OCH3 is 1. The molecule has 0 aliphatic carbocycles. The summed E-state index contributed by atoms with van der Waals surface area (Å²) in [5, 5.41) is 6.22. The molecule has 0 unspecified atom stereocenters. The number of ether oxygens (including phenoxy) is 1. The molecule has 9 heteroatoms. The summed E-state index contributed by atoms with van der Waals surface area (Å²) in [5.41, 5.74) is 4.07. The highest BCUT2D eigenvalue weighted by atomic mass is 16.7. The second-order valence-corrected chi connectivity index (χ2v) is 9.31. The zero-order chi connectivity index (χ0) is 24.5. The molecule has 2 aromatic carbocycles. The van der Waals surface area contributed by atoms with Crippen LogP contribution in [-0.4, -0.2) is 66.8 Å². The highest BCUT2D eigenvalue weighted by Gasteiger charge is 2.31. The monoisotopic (exact) mass is 485 g/mol. The zero-order valence-electron chi connectivity index (χ0n) is 20.6. The van der Waals surface area contributed by atoms with Gasteiger partial charge in [-0.15, -0.1) is 0 Å². The fraction of sp³-hybridized carbons (Fsp3) is 0.333. The van der Waals surface area contributed by atoms with Crippen molar-refractivity contribution in [3.63, 3.8) is 0 Å². The van der Waals surface area contributed by atoms with Gasteiger partial charge in [-0.25, -0.2) is 5.06 Å². The third-order valence-electron chi connectivity index (χ3n) is 6.98. The van der Waals surface area contributed by atoms with Crippen LogP contribution in [0.2, 0.25) is 0 Å². The highest BCUT2D eigenvalue weighted by Crippen LogP contribution is 2.38.